The number of rotatable bonds is 4. The number of aromatic nitrogens is 1. The molecule has 0 aliphatic rings. The van der Waals surface area contributed by atoms with Crippen molar-refractivity contribution in [1.82, 2.24) is 10.3 Å². The van der Waals surface area contributed by atoms with Gasteiger partial charge < -0.3 is 10.4 Å². The quantitative estimate of drug-likeness (QED) is 0.883. The molecule has 2 rings (SSSR count). The summed E-state index contributed by atoms with van der Waals surface area (Å²) in [5, 5.41) is 14.4. The molecule has 2 aromatic rings. The summed E-state index contributed by atoms with van der Waals surface area (Å²) in [6, 6.07) is 9.48. The van der Waals surface area contributed by atoms with E-state index in [4.69, 9.17) is 0 Å². The summed E-state index contributed by atoms with van der Waals surface area (Å²) < 4.78 is 0. The molecule has 1 heterocycles. The zero-order valence-corrected chi connectivity index (χ0v) is 11.2. The fourth-order valence-electron chi connectivity index (χ4n) is 1.78. The number of hydrogen-bond donors (Lipinski definition) is 2. The largest absolute Gasteiger partial charge is 0.388 e. The molecule has 0 fully saturated rings. The minimum Gasteiger partial charge on any atom is -0.388 e. The standard InChI is InChI=1S/C15H18N2O2/c1-3-15(2,19)10-17-14(18)13-12-7-5-4-6-11(12)8-9-16-13/h4-9,19H,3,10H2,1-2H3,(H,17,18). The van der Waals surface area contributed by atoms with Crippen molar-refractivity contribution >= 4 is 16.7 Å². The smallest absolute Gasteiger partial charge is 0.270 e. The van der Waals surface area contributed by atoms with Crippen molar-refractivity contribution in [2.75, 3.05) is 6.54 Å². The molecule has 1 atom stereocenters. The highest BCUT2D eigenvalue weighted by molar-refractivity contribution is 6.05. The molecule has 0 spiro atoms. The average molecular weight is 258 g/mol. The predicted molar refractivity (Wildman–Crippen MR) is 75.0 cm³/mol. The minimum absolute atomic E-state index is 0.216. The summed E-state index contributed by atoms with van der Waals surface area (Å²) in [4.78, 5) is 16.3. The highest BCUT2D eigenvalue weighted by Crippen LogP contribution is 2.16. The second-order valence-corrected chi connectivity index (χ2v) is 4.91. The molecule has 1 unspecified atom stereocenters. The number of carbonyl (C=O) groups is 1. The van der Waals surface area contributed by atoms with E-state index < -0.39 is 5.60 Å². The molecule has 100 valence electrons. The lowest BCUT2D eigenvalue weighted by Crippen LogP contribution is -2.40. The summed E-state index contributed by atoms with van der Waals surface area (Å²) in [7, 11) is 0. The molecule has 1 aromatic carbocycles. The van der Waals surface area contributed by atoms with E-state index in [9.17, 15) is 9.90 Å². The van der Waals surface area contributed by atoms with Gasteiger partial charge >= 0.3 is 0 Å². The highest BCUT2D eigenvalue weighted by atomic mass is 16.3. The first-order valence-corrected chi connectivity index (χ1v) is 6.38. The van der Waals surface area contributed by atoms with E-state index in [2.05, 4.69) is 10.3 Å². The Balaban J connectivity index is 2.23. The van der Waals surface area contributed by atoms with Gasteiger partial charge in [-0.05, 0) is 24.8 Å². The van der Waals surface area contributed by atoms with Crippen LogP contribution in [0.15, 0.2) is 36.5 Å². The van der Waals surface area contributed by atoms with E-state index in [0.717, 1.165) is 10.8 Å². The molecule has 0 saturated carbocycles. The average Bonchev–Trinajstić information content (AvgIpc) is 2.44. The summed E-state index contributed by atoms with van der Waals surface area (Å²) in [5.74, 6) is -0.259. The number of benzene rings is 1. The molecule has 19 heavy (non-hydrogen) atoms. The van der Waals surface area contributed by atoms with Crippen LogP contribution in [0.25, 0.3) is 10.8 Å². The first-order valence-electron chi connectivity index (χ1n) is 6.38. The van der Waals surface area contributed by atoms with E-state index in [1.807, 2.05) is 37.3 Å². The van der Waals surface area contributed by atoms with Crippen LogP contribution in [0.2, 0.25) is 0 Å². The van der Waals surface area contributed by atoms with Crippen LogP contribution < -0.4 is 5.32 Å². The van der Waals surface area contributed by atoms with E-state index in [1.165, 1.54) is 0 Å². The van der Waals surface area contributed by atoms with Crippen LogP contribution in [0.5, 0.6) is 0 Å². The first kappa shape index (κ1) is 13.5. The molecule has 0 aliphatic heterocycles. The second kappa shape index (κ2) is 5.36. The first-order chi connectivity index (χ1) is 9.03. The summed E-state index contributed by atoms with van der Waals surface area (Å²) in [5.41, 5.74) is -0.495. The monoisotopic (exact) mass is 258 g/mol. The topological polar surface area (TPSA) is 62.2 Å². The fraction of sp³-hybridized carbons (Fsp3) is 0.333. The summed E-state index contributed by atoms with van der Waals surface area (Å²) in [6.45, 7) is 3.79. The maximum absolute atomic E-state index is 12.1. The van der Waals surface area contributed by atoms with Crippen molar-refractivity contribution in [3.05, 3.63) is 42.2 Å². The van der Waals surface area contributed by atoms with Gasteiger partial charge in [-0.25, -0.2) is 0 Å². The van der Waals surface area contributed by atoms with Gasteiger partial charge in [0.05, 0.1) is 5.60 Å². The third kappa shape index (κ3) is 3.09. The number of hydrogen-bond acceptors (Lipinski definition) is 3. The Labute approximate surface area is 112 Å². The molecule has 2 N–H and O–H groups in total. The molecule has 1 amide bonds. The van der Waals surface area contributed by atoms with E-state index >= 15 is 0 Å². The molecular formula is C15H18N2O2. The molecule has 0 saturated heterocycles. The predicted octanol–water partition coefficient (Wildman–Crippen LogP) is 2.13. The lowest BCUT2D eigenvalue weighted by atomic mass is 10.0. The Morgan fingerprint density at radius 1 is 1.37 bits per heavy atom. The molecule has 1 aromatic heterocycles. The van der Waals surface area contributed by atoms with Crippen molar-refractivity contribution in [3.8, 4) is 0 Å². The Bertz CT molecular complexity index is 588. The second-order valence-electron chi connectivity index (χ2n) is 4.91. The Kier molecular flexibility index (Phi) is 3.81. The number of nitrogens with one attached hydrogen (secondary N) is 1. The van der Waals surface area contributed by atoms with Crippen molar-refractivity contribution in [2.45, 2.75) is 25.9 Å². The van der Waals surface area contributed by atoms with E-state index in [-0.39, 0.29) is 12.5 Å². The van der Waals surface area contributed by atoms with Crippen molar-refractivity contribution in [3.63, 3.8) is 0 Å². The van der Waals surface area contributed by atoms with Crippen LogP contribution in [-0.2, 0) is 0 Å². The number of nitrogens with zero attached hydrogens (tertiary/aromatic N) is 1. The Hall–Kier alpha value is -1.94. The lowest BCUT2D eigenvalue weighted by Gasteiger charge is -2.21. The SMILES string of the molecule is CCC(C)(O)CNC(=O)c1nccc2ccccc12. The van der Waals surface area contributed by atoms with E-state index in [1.54, 1.807) is 13.1 Å². The highest BCUT2D eigenvalue weighted by Gasteiger charge is 2.20. The summed E-state index contributed by atoms with van der Waals surface area (Å²) >= 11 is 0. The van der Waals surface area contributed by atoms with Gasteiger partial charge in [-0.3, -0.25) is 9.78 Å². The molecule has 0 radical (unpaired) electrons. The number of fused-ring (bicyclic) bond motifs is 1. The fourth-order valence-corrected chi connectivity index (χ4v) is 1.78. The number of aliphatic hydroxyl groups is 1. The number of amides is 1. The van der Waals surface area contributed by atoms with Gasteiger partial charge in [0, 0.05) is 18.1 Å². The molecule has 0 aliphatic carbocycles. The van der Waals surface area contributed by atoms with Crippen molar-refractivity contribution < 1.29 is 9.90 Å². The van der Waals surface area contributed by atoms with Gasteiger partial charge in [-0.1, -0.05) is 31.2 Å². The Morgan fingerprint density at radius 3 is 2.84 bits per heavy atom. The van der Waals surface area contributed by atoms with Crippen LogP contribution in [0.4, 0.5) is 0 Å². The van der Waals surface area contributed by atoms with Crippen LogP contribution in [0.3, 0.4) is 0 Å². The maximum Gasteiger partial charge on any atom is 0.270 e. The molecule has 0 bridgehead atoms. The van der Waals surface area contributed by atoms with Gasteiger partial charge in [0.1, 0.15) is 5.69 Å². The molecular weight excluding hydrogens is 240 g/mol. The Morgan fingerprint density at radius 2 is 2.11 bits per heavy atom. The normalized spacial score (nSPS) is 14.1. The summed E-state index contributed by atoms with van der Waals surface area (Å²) in [6.07, 6.45) is 2.20. The van der Waals surface area contributed by atoms with Crippen molar-refractivity contribution in [2.24, 2.45) is 0 Å². The minimum atomic E-state index is -0.889. The zero-order valence-electron chi connectivity index (χ0n) is 11.2. The maximum atomic E-state index is 12.1. The third-order valence-corrected chi connectivity index (χ3v) is 3.28. The van der Waals surface area contributed by atoms with Gasteiger partial charge in [0.2, 0.25) is 0 Å². The number of pyridine rings is 1. The zero-order chi connectivity index (χ0) is 13.9. The lowest BCUT2D eigenvalue weighted by molar-refractivity contribution is 0.0517. The third-order valence-electron chi connectivity index (χ3n) is 3.28. The van der Waals surface area contributed by atoms with Gasteiger partial charge in [-0.15, -0.1) is 0 Å². The number of carbonyl (C=O) groups excluding carboxylic acids is 1. The van der Waals surface area contributed by atoms with Crippen molar-refractivity contribution in [1.29, 1.82) is 0 Å². The van der Waals surface area contributed by atoms with Gasteiger partial charge in [-0.2, -0.15) is 0 Å². The van der Waals surface area contributed by atoms with Crippen LogP contribution >= 0.6 is 0 Å². The van der Waals surface area contributed by atoms with E-state index in [0.29, 0.717) is 12.1 Å². The van der Waals surface area contributed by atoms with Gasteiger partial charge in [0.15, 0.2) is 0 Å². The molecule has 4 nitrogen and oxygen atoms in total. The molecule has 4 heteroatoms. The van der Waals surface area contributed by atoms with Crippen LogP contribution in [0, 0.1) is 0 Å². The van der Waals surface area contributed by atoms with Gasteiger partial charge in [0.25, 0.3) is 5.91 Å². The van der Waals surface area contributed by atoms with Crippen LogP contribution in [-0.4, -0.2) is 28.1 Å². The van der Waals surface area contributed by atoms with Crippen LogP contribution in [0.1, 0.15) is 30.8 Å².